The Kier molecular flexibility index (Phi) is 4.98. The summed E-state index contributed by atoms with van der Waals surface area (Å²) in [5.41, 5.74) is 0.553. The van der Waals surface area contributed by atoms with Gasteiger partial charge in [-0.3, -0.25) is 0 Å². The van der Waals surface area contributed by atoms with Crippen LogP contribution in [-0.2, 0) is 30.2 Å². The van der Waals surface area contributed by atoms with E-state index in [0.717, 1.165) is 0 Å². The minimum absolute atomic E-state index is 0.0719. The molecule has 0 amide bonds. The molecule has 0 fully saturated rings. The number of hydrogen-bond acceptors (Lipinski definition) is 6. The lowest BCUT2D eigenvalue weighted by molar-refractivity contribution is 0.513. The van der Waals surface area contributed by atoms with E-state index in [0.29, 0.717) is 5.56 Å². The average molecular weight is 328 g/mol. The van der Waals surface area contributed by atoms with E-state index in [2.05, 4.69) is 9.98 Å². The van der Waals surface area contributed by atoms with Crippen molar-refractivity contribution in [2.45, 2.75) is 10.7 Å². The van der Waals surface area contributed by atoms with E-state index < -0.39 is 20.6 Å². The van der Waals surface area contributed by atoms with Gasteiger partial charge in [0.2, 0.25) is 22.0 Å². The second-order valence-electron chi connectivity index (χ2n) is 4.63. The molecule has 0 spiro atoms. The van der Waals surface area contributed by atoms with Crippen molar-refractivity contribution in [1.82, 2.24) is 0 Å². The van der Waals surface area contributed by atoms with Crippen molar-refractivity contribution in [3.8, 4) is 0 Å². The van der Waals surface area contributed by atoms with Gasteiger partial charge in [-0.1, -0.05) is 60.7 Å². The predicted molar refractivity (Wildman–Crippen MR) is 83.4 cm³/mol. The Balaban J connectivity index is 2.66. The van der Waals surface area contributed by atoms with Gasteiger partial charge in [-0.2, -0.15) is 9.98 Å². The van der Waals surface area contributed by atoms with Gasteiger partial charge in [-0.05, 0) is 5.56 Å². The number of carbonyl (C=O) groups excluding carboxylic acids is 2. The van der Waals surface area contributed by atoms with Crippen molar-refractivity contribution in [3.05, 3.63) is 71.8 Å². The van der Waals surface area contributed by atoms with Crippen molar-refractivity contribution in [2.24, 2.45) is 9.98 Å². The average Bonchev–Trinajstić information content (AvgIpc) is 2.55. The molecule has 0 aliphatic rings. The molecule has 0 aliphatic heterocycles. The molecule has 23 heavy (non-hydrogen) atoms. The second-order valence-corrected chi connectivity index (χ2v) is 6.71. The van der Waals surface area contributed by atoms with Crippen molar-refractivity contribution >= 4 is 22.0 Å². The number of aliphatic imine (C=N–C) groups is 2. The van der Waals surface area contributed by atoms with Crippen molar-refractivity contribution in [1.29, 1.82) is 0 Å². The van der Waals surface area contributed by atoms with Crippen LogP contribution in [0.25, 0.3) is 0 Å². The first-order chi connectivity index (χ1) is 11.1. The fourth-order valence-corrected chi connectivity index (χ4v) is 3.83. The molecule has 0 heterocycles. The summed E-state index contributed by atoms with van der Waals surface area (Å²) in [6, 6.07) is 16.0. The molecular formula is C16H12N2O4S. The molecule has 0 saturated heterocycles. The number of benzene rings is 2. The Morgan fingerprint density at radius 1 is 0.826 bits per heavy atom. The normalized spacial score (nSPS) is 13.2. The Hall–Kier alpha value is -2.85. The van der Waals surface area contributed by atoms with Gasteiger partial charge in [0.15, 0.2) is 0 Å². The van der Waals surface area contributed by atoms with Crippen LogP contribution in [0.4, 0.5) is 0 Å². The fourth-order valence-electron chi connectivity index (χ4n) is 2.15. The van der Waals surface area contributed by atoms with Crippen LogP contribution in [0.3, 0.4) is 0 Å². The van der Waals surface area contributed by atoms with Crippen LogP contribution in [0.15, 0.2) is 70.6 Å². The Bertz CT molecular complexity index is 849. The van der Waals surface area contributed by atoms with Gasteiger partial charge in [-0.25, -0.2) is 18.0 Å². The molecular weight excluding hydrogens is 316 g/mol. The van der Waals surface area contributed by atoms with Crippen LogP contribution in [0.1, 0.15) is 11.1 Å². The SMILES string of the molecule is O=C=NC(N=C=O)(c1ccccc1)S(=O)(=O)Cc1ccccc1. The third-order valence-electron chi connectivity index (χ3n) is 3.18. The molecule has 0 aromatic heterocycles. The maximum atomic E-state index is 12.9. The summed E-state index contributed by atoms with van der Waals surface area (Å²) in [6.07, 6.45) is 2.41. The predicted octanol–water partition coefficient (Wildman–Crippen LogP) is 2.08. The zero-order chi connectivity index (χ0) is 16.8. The van der Waals surface area contributed by atoms with Crippen molar-refractivity contribution in [3.63, 3.8) is 0 Å². The number of isocyanates is 2. The van der Waals surface area contributed by atoms with Gasteiger partial charge in [0.05, 0.1) is 5.75 Å². The highest BCUT2D eigenvalue weighted by molar-refractivity contribution is 7.91. The minimum Gasteiger partial charge on any atom is -0.223 e. The highest BCUT2D eigenvalue weighted by Crippen LogP contribution is 2.35. The lowest BCUT2D eigenvalue weighted by atomic mass is 10.2. The first-order valence-corrected chi connectivity index (χ1v) is 8.21. The smallest absolute Gasteiger partial charge is 0.223 e. The largest absolute Gasteiger partial charge is 0.299 e. The molecule has 116 valence electrons. The molecule has 0 atom stereocenters. The fraction of sp³-hybridized carbons (Fsp3) is 0.125. The number of nitrogens with zero attached hydrogens (tertiary/aromatic N) is 2. The van der Waals surface area contributed by atoms with Gasteiger partial charge in [0.25, 0.3) is 4.99 Å². The summed E-state index contributed by atoms with van der Waals surface area (Å²) in [5.74, 6) is -0.445. The van der Waals surface area contributed by atoms with Crippen molar-refractivity contribution < 1.29 is 18.0 Å². The molecule has 0 unspecified atom stereocenters. The van der Waals surface area contributed by atoms with Crippen molar-refractivity contribution in [2.75, 3.05) is 0 Å². The lowest BCUT2D eigenvalue weighted by Crippen LogP contribution is -2.33. The van der Waals surface area contributed by atoms with Gasteiger partial charge in [0.1, 0.15) is 0 Å². The van der Waals surface area contributed by atoms with E-state index in [9.17, 15) is 18.0 Å². The molecule has 0 bridgehead atoms. The first-order valence-electron chi connectivity index (χ1n) is 6.55. The summed E-state index contributed by atoms with van der Waals surface area (Å²) in [6.45, 7) is 0. The summed E-state index contributed by atoms with van der Waals surface area (Å²) in [4.78, 5) is 26.0. The van der Waals surface area contributed by atoms with Gasteiger partial charge in [0, 0.05) is 5.56 Å². The molecule has 0 aliphatic carbocycles. The van der Waals surface area contributed by atoms with Crippen LogP contribution in [0, 0.1) is 0 Å². The van der Waals surface area contributed by atoms with Crippen LogP contribution in [0.2, 0.25) is 0 Å². The Labute approximate surface area is 133 Å². The van der Waals surface area contributed by atoms with E-state index in [-0.39, 0.29) is 5.56 Å². The summed E-state index contributed by atoms with van der Waals surface area (Å²) >= 11 is 0. The van der Waals surface area contributed by atoms with Crippen LogP contribution in [0.5, 0.6) is 0 Å². The molecule has 0 saturated carbocycles. The molecule has 2 rings (SSSR count). The molecule has 6 nitrogen and oxygen atoms in total. The third kappa shape index (κ3) is 3.33. The van der Waals surface area contributed by atoms with Gasteiger partial charge >= 0.3 is 0 Å². The topological polar surface area (TPSA) is 93.0 Å². The molecule has 0 radical (unpaired) electrons. The summed E-state index contributed by atoms with van der Waals surface area (Å²) < 4.78 is 25.7. The quantitative estimate of drug-likeness (QED) is 0.599. The van der Waals surface area contributed by atoms with Gasteiger partial charge in [-0.15, -0.1) is 0 Å². The zero-order valence-corrected chi connectivity index (χ0v) is 12.7. The molecule has 7 heteroatoms. The molecule has 0 N–H and O–H groups in total. The van der Waals surface area contributed by atoms with E-state index in [4.69, 9.17) is 0 Å². The standard InChI is InChI=1S/C16H12N2O4S/c19-12-17-16(18-13-20,15-9-5-2-6-10-15)23(21,22)11-14-7-3-1-4-8-14/h1-10H,11H2. The van der Waals surface area contributed by atoms with Crippen LogP contribution < -0.4 is 0 Å². The second kappa shape index (κ2) is 6.94. The number of rotatable bonds is 6. The maximum absolute atomic E-state index is 12.9. The zero-order valence-electron chi connectivity index (χ0n) is 11.9. The van der Waals surface area contributed by atoms with E-state index in [1.165, 1.54) is 24.3 Å². The minimum atomic E-state index is -4.17. The monoisotopic (exact) mass is 328 g/mol. The summed E-state index contributed by atoms with van der Waals surface area (Å²) in [5, 5.41) is 0. The number of sulfone groups is 1. The summed E-state index contributed by atoms with van der Waals surface area (Å²) in [7, 11) is -4.17. The third-order valence-corrected chi connectivity index (χ3v) is 5.18. The van der Waals surface area contributed by atoms with E-state index >= 15 is 0 Å². The van der Waals surface area contributed by atoms with Crippen LogP contribution in [-0.4, -0.2) is 20.6 Å². The Morgan fingerprint density at radius 2 is 1.30 bits per heavy atom. The van der Waals surface area contributed by atoms with E-state index in [1.54, 1.807) is 48.5 Å². The lowest BCUT2D eigenvalue weighted by Gasteiger charge is -2.22. The van der Waals surface area contributed by atoms with E-state index in [1.807, 2.05) is 0 Å². The Morgan fingerprint density at radius 3 is 1.78 bits per heavy atom. The molecule has 2 aromatic rings. The van der Waals surface area contributed by atoms with Gasteiger partial charge < -0.3 is 0 Å². The highest BCUT2D eigenvalue weighted by Gasteiger charge is 2.46. The highest BCUT2D eigenvalue weighted by atomic mass is 32.2. The molecule has 2 aromatic carbocycles. The van der Waals surface area contributed by atoms with Crippen LogP contribution >= 0.6 is 0 Å². The first kappa shape index (κ1) is 16.5. The maximum Gasteiger partial charge on any atom is 0.299 e. The number of hydrogen-bond donors (Lipinski definition) is 0.